The number of hydrogen-bond donors (Lipinski definition) is 1. The van der Waals surface area contributed by atoms with Crippen LogP contribution in [0, 0.1) is 13.0 Å². The highest BCUT2D eigenvalue weighted by molar-refractivity contribution is 6.17. The molecule has 0 saturated carbocycles. The Morgan fingerprint density at radius 2 is 1.79 bits per heavy atom. The van der Waals surface area contributed by atoms with E-state index >= 15 is 0 Å². The number of nitrogens with zero attached hydrogens (tertiary/aromatic N) is 1. The number of amides is 1. The van der Waals surface area contributed by atoms with Gasteiger partial charge in [0.25, 0.3) is 0 Å². The van der Waals surface area contributed by atoms with Gasteiger partial charge in [0, 0.05) is 22.9 Å². The minimum Gasteiger partial charge on any atom is -0.366 e. The molecule has 3 nitrogen and oxygen atoms in total. The standard InChI is InChI=1S/C25H19N2O/c1-16-13-14-17-7-2-3-8-18(17)21(16)15-27-22-11-5-4-9-19(22)24-20(25(26)28)10-6-12-23(24)27/h2-8,10-14H,15H2,1H3,(H2,26,28). The lowest BCUT2D eigenvalue weighted by atomic mass is 9.99. The molecule has 1 aromatic heterocycles. The number of carbonyl (C=O) groups is 1. The van der Waals surface area contributed by atoms with Crippen molar-refractivity contribution in [3.8, 4) is 0 Å². The topological polar surface area (TPSA) is 48.0 Å². The lowest BCUT2D eigenvalue weighted by Gasteiger charge is -2.14. The van der Waals surface area contributed by atoms with Crippen LogP contribution in [0.2, 0.25) is 0 Å². The molecule has 0 bridgehead atoms. The quantitative estimate of drug-likeness (QED) is 0.470. The summed E-state index contributed by atoms with van der Waals surface area (Å²) in [6.07, 6.45) is 0. The number of hydrogen-bond acceptors (Lipinski definition) is 1. The molecule has 135 valence electrons. The first-order valence-corrected chi connectivity index (χ1v) is 9.34. The molecular formula is C25H19N2O. The van der Waals surface area contributed by atoms with Gasteiger partial charge in [-0.25, -0.2) is 0 Å². The Labute approximate surface area is 163 Å². The van der Waals surface area contributed by atoms with Crippen molar-refractivity contribution in [1.82, 2.24) is 4.57 Å². The van der Waals surface area contributed by atoms with Gasteiger partial charge < -0.3 is 10.3 Å². The molecule has 5 rings (SSSR count). The van der Waals surface area contributed by atoms with E-state index in [1.165, 1.54) is 21.9 Å². The zero-order valence-electron chi connectivity index (χ0n) is 15.6. The molecule has 0 aliphatic rings. The van der Waals surface area contributed by atoms with Gasteiger partial charge >= 0.3 is 0 Å². The number of carbonyl (C=O) groups excluding carboxylic acids is 1. The number of aryl methyl sites for hydroxylation is 1. The van der Waals surface area contributed by atoms with Crippen LogP contribution in [0.5, 0.6) is 0 Å². The van der Waals surface area contributed by atoms with E-state index in [4.69, 9.17) is 5.73 Å². The van der Waals surface area contributed by atoms with Crippen LogP contribution in [0.3, 0.4) is 0 Å². The first-order valence-electron chi connectivity index (χ1n) is 9.34. The summed E-state index contributed by atoms with van der Waals surface area (Å²) in [5.41, 5.74) is 10.8. The summed E-state index contributed by atoms with van der Waals surface area (Å²) in [4.78, 5) is 12.1. The van der Waals surface area contributed by atoms with Gasteiger partial charge in [-0.15, -0.1) is 0 Å². The second-order valence-corrected chi connectivity index (χ2v) is 7.16. The molecule has 1 amide bonds. The SMILES string of the molecule is Cc1ccc2ccccc2c1Cn1c2ccc[c]c2c2c(C(N)=O)cccc21. The largest absolute Gasteiger partial charge is 0.366 e. The first-order chi connectivity index (χ1) is 13.6. The van der Waals surface area contributed by atoms with Crippen LogP contribution in [0.25, 0.3) is 32.6 Å². The Balaban J connectivity index is 1.84. The summed E-state index contributed by atoms with van der Waals surface area (Å²) in [7, 11) is 0. The number of aromatic nitrogens is 1. The highest BCUT2D eigenvalue weighted by atomic mass is 16.1. The van der Waals surface area contributed by atoms with Crippen molar-refractivity contribution in [3.63, 3.8) is 0 Å². The lowest BCUT2D eigenvalue weighted by Crippen LogP contribution is -2.11. The predicted octanol–water partition coefficient (Wildman–Crippen LogP) is 5.20. The minimum absolute atomic E-state index is 0.414. The van der Waals surface area contributed by atoms with E-state index in [1.807, 2.05) is 18.2 Å². The molecule has 0 unspecified atom stereocenters. The van der Waals surface area contributed by atoms with Gasteiger partial charge in [-0.2, -0.15) is 0 Å². The van der Waals surface area contributed by atoms with Crippen LogP contribution in [-0.4, -0.2) is 10.5 Å². The Bertz CT molecular complexity index is 1380. The Kier molecular flexibility index (Phi) is 3.69. The molecule has 2 N–H and O–H groups in total. The zero-order valence-corrected chi connectivity index (χ0v) is 15.6. The van der Waals surface area contributed by atoms with Crippen molar-refractivity contribution < 1.29 is 4.79 Å². The maximum atomic E-state index is 12.1. The van der Waals surface area contributed by atoms with Crippen molar-refractivity contribution in [2.24, 2.45) is 5.73 Å². The molecule has 0 aliphatic heterocycles. The van der Waals surface area contributed by atoms with Crippen molar-refractivity contribution in [3.05, 3.63) is 95.6 Å². The first kappa shape index (κ1) is 16.6. The molecule has 0 spiro atoms. The van der Waals surface area contributed by atoms with E-state index in [2.05, 4.69) is 66.1 Å². The molecule has 4 aromatic carbocycles. The third-order valence-electron chi connectivity index (χ3n) is 5.56. The molecule has 5 aromatic rings. The van der Waals surface area contributed by atoms with Crippen LogP contribution in [0.4, 0.5) is 0 Å². The van der Waals surface area contributed by atoms with Crippen molar-refractivity contribution >= 4 is 38.5 Å². The number of benzene rings is 4. The predicted molar refractivity (Wildman–Crippen MR) is 115 cm³/mol. The molecule has 0 aliphatic carbocycles. The monoisotopic (exact) mass is 363 g/mol. The van der Waals surface area contributed by atoms with Crippen molar-refractivity contribution in [1.29, 1.82) is 0 Å². The lowest BCUT2D eigenvalue weighted by molar-refractivity contribution is 0.100. The van der Waals surface area contributed by atoms with Crippen LogP contribution in [0.1, 0.15) is 21.5 Å². The van der Waals surface area contributed by atoms with Gasteiger partial charge in [0.1, 0.15) is 0 Å². The number of fused-ring (bicyclic) bond motifs is 4. The van der Waals surface area contributed by atoms with Crippen molar-refractivity contribution in [2.75, 3.05) is 0 Å². The third-order valence-corrected chi connectivity index (χ3v) is 5.56. The van der Waals surface area contributed by atoms with E-state index < -0.39 is 5.91 Å². The summed E-state index contributed by atoms with van der Waals surface area (Å²) in [6, 6.07) is 27.8. The Hall–Kier alpha value is -3.59. The molecule has 0 fully saturated rings. The zero-order chi connectivity index (χ0) is 19.3. The number of primary amides is 1. The molecule has 0 atom stereocenters. The average molecular weight is 363 g/mol. The van der Waals surface area contributed by atoms with E-state index in [0.717, 1.165) is 21.8 Å². The van der Waals surface area contributed by atoms with Gasteiger partial charge in [-0.05, 0) is 53.1 Å². The normalized spacial score (nSPS) is 11.5. The van der Waals surface area contributed by atoms with E-state index in [9.17, 15) is 4.79 Å². The van der Waals surface area contributed by atoms with E-state index in [-0.39, 0.29) is 0 Å². The highest BCUT2D eigenvalue weighted by Crippen LogP contribution is 2.33. The Morgan fingerprint density at radius 1 is 0.964 bits per heavy atom. The van der Waals surface area contributed by atoms with Gasteiger partial charge in [0.15, 0.2) is 0 Å². The smallest absolute Gasteiger partial charge is 0.249 e. The van der Waals surface area contributed by atoms with Crippen LogP contribution >= 0.6 is 0 Å². The fourth-order valence-corrected chi connectivity index (χ4v) is 4.20. The van der Waals surface area contributed by atoms with Crippen molar-refractivity contribution in [2.45, 2.75) is 13.5 Å². The molecule has 0 saturated heterocycles. The molecular weight excluding hydrogens is 344 g/mol. The highest BCUT2D eigenvalue weighted by Gasteiger charge is 2.17. The number of rotatable bonds is 3. The maximum Gasteiger partial charge on any atom is 0.249 e. The summed E-state index contributed by atoms with van der Waals surface area (Å²) in [6.45, 7) is 2.86. The van der Waals surface area contributed by atoms with Crippen LogP contribution in [0.15, 0.2) is 72.8 Å². The summed E-state index contributed by atoms with van der Waals surface area (Å²) in [5, 5.41) is 4.30. The fraction of sp³-hybridized carbons (Fsp3) is 0.0800. The maximum absolute atomic E-state index is 12.1. The molecule has 1 heterocycles. The van der Waals surface area contributed by atoms with Crippen LogP contribution < -0.4 is 5.73 Å². The third kappa shape index (κ3) is 2.40. The van der Waals surface area contributed by atoms with Gasteiger partial charge in [0.05, 0.1) is 11.0 Å². The average Bonchev–Trinajstić information content (AvgIpc) is 3.04. The van der Waals surface area contributed by atoms with Gasteiger partial charge in [-0.3, -0.25) is 4.79 Å². The second kappa shape index (κ2) is 6.24. The van der Waals surface area contributed by atoms with Crippen LogP contribution in [-0.2, 0) is 6.54 Å². The minimum atomic E-state index is -0.414. The van der Waals surface area contributed by atoms with Gasteiger partial charge in [-0.1, -0.05) is 54.6 Å². The molecule has 1 radical (unpaired) electrons. The fourth-order valence-electron chi connectivity index (χ4n) is 4.20. The molecule has 3 heteroatoms. The number of nitrogens with two attached hydrogens (primary N) is 1. The molecule has 28 heavy (non-hydrogen) atoms. The van der Waals surface area contributed by atoms with E-state index in [1.54, 1.807) is 6.07 Å². The van der Waals surface area contributed by atoms with E-state index in [0.29, 0.717) is 12.1 Å². The van der Waals surface area contributed by atoms with Gasteiger partial charge in [0.2, 0.25) is 5.91 Å². The summed E-state index contributed by atoms with van der Waals surface area (Å²) < 4.78 is 2.27. The summed E-state index contributed by atoms with van der Waals surface area (Å²) in [5.74, 6) is -0.414. The summed E-state index contributed by atoms with van der Waals surface area (Å²) >= 11 is 0. The Morgan fingerprint density at radius 3 is 2.64 bits per heavy atom. The second-order valence-electron chi connectivity index (χ2n) is 7.16.